The number of hydrogen-bond acceptors (Lipinski definition) is 4. The van der Waals surface area contributed by atoms with Crippen LogP contribution >= 0.6 is 0 Å². The number of hydrogen-bond donors (Lipinski definition) is 1. The van der Waals surface area contributed by atoms with Gasteiger partial charge in [0.05, 0.1) is 6.54 Å². The summed E-state index contributed by atoms with van der Waals surface area (Å²) in [6.07, 6.45) is 3.51. The predicted molar refractivity (Wildman–Crippen MR) is 66.5 cm³/mol. The predicted octanol–water partition coefficient (Wildman–Crippen LogP) is 2.07. The summed E-state index contributed by atoms with van der Waals surface area (Å²) in [5.74, 6) is -0.242. The summed E-state index contributed by atoms with van der Waals surface area (Å²) in [4.78, 5) is 15.5. The summed E-state index contributed by atoms with van der Waals surface area (Å²) in [6.45, 7) is 7.76. The Morgan fingerprint density at radius 2 is 2.24 bits per heavy atom. The number of nitrogens with one attached hydrogen (secondary N) is 1. The second-order valence-corrected chi connectivity index (χ2v) is 4.98. The molecular formula is C13H20N2O2. The van der Waals surface area contributed by atoms with Crippen molar-refractivity contribution < 1.29 is 9.53 Å². The monoisotopic (exact) mass is 236 g/mol. The molecule has 0 amide bonds. The molecule has 0 radical (unpaired) electrons. The maximum absolute atomic E-state index is 11.5. The Kier molecular flexibility index (Phi) is 4.63. The van der Waals surface area contributed by atoms with Crippen LogP contribution in [0, 0.1) is 0 Å². The van der Waals surface area contributed by atoms with Gasteiger partial charge in [0.1, 0.15) is 5.60 Å². The molecule has 0 aliphatic rings. The zero-order valence-electron chi connectivity index (χ0n) is 10.9. The second-order valence-electron chi connectivity index (χ2n) is 4.98. The van der Waals surface area contributed by atoms with Gasteiger partial charge in [-0.2, -0.15) is 0 Å². The van der Waals surface area contributed by atoms with Crippen LogP contribution in [0.5, 0.6) is 0 Å². The normalized spacial score (nSPS) is 13.2. The highest BCUT2D eigenvalue weighted by atomic mass is 16.6. The fourth-order valence-electron chi connectivity index (χ4n) is 1.36. The smallest absolute Gasteiger partial charge is 0.320 e. The van der Waals surface area contributed by atoms with Gasteiger partial charge < -0.3 is 10.1 Å². The molecular weight excluding hydrogens is 216 g/mol. The summed E-state index contributed by atoms with van der Waals surface area (Å²) in [7, 11) is 0. The minimum atomic E-state index is -0.434. The minimum Gasteiger partial charge on any atom is -0.459 e. The molecule has 0 bridgehead atoms. The average molecular weight is 236 g/mol. The number of rotatable bonds is 4. The fourth-order valence-corrected chi connectivity index (χ4v) is 1.36. The van der Waals surface area contributed by atoms with Crippen molar-refractivity contribution in [1.82, 2.24) is 10.3 Å². The summed E-state index contributed by atoms with van der Waals surface area (Å²) in [5.41, 5.74) is 0.618. The Balaban J connectivity index is 2.39. The third kappa shape index (κ3) is 5.45. The molecule has 0 saturated carbocycles. The number of pyridine rings is 1. The molecule has 4 heteroatoms. The maximum Gasteiger partial charge on any atom is 0.320 e. The van der Waals surface area contributed by atoms with E-state index in [1.165, 1.54) is 0 Å². The molecule has 1 heterocycles. The highest BCUT2D eigenvalue weighted by Gasteiger charge is 2.16. The molecule has 4 nitrogen and oxygen atoms in total. The Bertz CT molecular complexity index is 357. The molecule has 1 unspecified atom stereocenters. The topological polar surface area (TPSA) is 51.2 Å². The van der Waals surface area contributed by atoms with Crippen LogP contribution in [0.15, 0.2) is 24.5 Å². The number of nitrogens with zero attached hydrogens (tertiary/aromatic N) is 1. The lowest BCUT2D eigenvalue weighted by atomic mass is 10.1. The van der Waals surface area contributed by atoms with E-state index in [4.69, 9.17) is 4.74 Å². The molecule has 0 aliphatic carbocycles. The van der Waals surface area contributed by atoms with Crippen molar-refractivity contribution in [3.8, 4) is 0 Å². The van der Waals surface area contributed by atoms with E-state index in [9.17, 15) is 4.79 Å². The van der Waals surface area contributed by atoms with Gasteiger partial charge in [0, 0.05) is 18.4 Å². The maximum atomic E-state index is 11.5. The van der Waals surface area contributed by atoms with E-state index in [1.54, 1.807) is 12.4 Å². The van der Waals surface area contributed by atoms with Crippen molar-refractivity contribution in [3.05, 3.63) is 30.1 Å². The fraction of sp³-hybridized carbons (Fsp3) is 0.538. The quantitative estimate of drug-likeness (QED) is 0.813. The average Bonchev–Trinajstić information content (AvgIpc) is 2.25. The highest BCUT2D eigenvalue weighted by Crippen LogP contribution is 2.10. The molecule has 94 valence electrons. The molecule has 17 heavy (non-hydrogen) atoms. The minimum absolute atomic E-state index is 0.0798. The Labute approximate surface area is 102 Å². The molecule has 1 N–H and O–H groups in total. The lowest BCUT2D eigenvalue weighted by Gasteiger charge is -2.20. The third-order valence-corrected chi connectivity index (χ3v) is 2.16. The van der Waals surface area contributed by atoms with Gasteiger partial charge in [0.2, 0.25) is 0 Å². The van der Waals surface area contributed by atoms with Gasteiger partial charge in [0.15, 0.2) is 0 Å². The number of carbonyl (C=O) groups is 1. The molecule has 1 atom stereocenters. The Hall–Kier alpha value is -1.42. The van der Waals surface area contributed by atoms with E-state index >= 15 is 0 Å². The third-order valence-electron chi connectivity index (χ3n) is 2.16. The zero-order valence-corrected chi connectivity index (χ0v) is 10.9. The lowest BCUT2D eigenvalue weighted by molar-refractivity contribution is -0.153. The standard InChI is InChI=1S/C13H20N2O2/c1-10(11-6-5-7-14-8-11)15-9-12(16)17-13(2,3)4/h5-8,10,15H,9H2,1-4H3. The van der Waals surface area contributed by atoms with Crippen molar-refractivity contribution in [2.24, 2.45) is 0 Å². The summed E-state index contributed by atoms with van der Waals surface area (Å²) in [6, 6.07) is 3.93. The molecule has 0 fully saturated rings. The second kappa shape index (κ2) is 5.77. The van der Waals surface area contributed by atoms with E-state index in [1.807, 2.05) is 39.8 Å². The van der Waals surface area contributed by atoms with Crippen LogP contribution < -0.4 is 5.32 Å². The first-order chi connectivity index (χ1) is 7.88. The van der Waals surface area contributed by atoms with Crippen LogP contribution in [0.1, 0.15) is 39.3 Å². The van der Waals surface area contributed by atoms with Gasteiger partial charge in [-0.05, 0) is 39.3 Å². The van der Waals surface area contributed by atoms with Crippen LogP contribution in [0.25, 0.3) is 0 Å². The zero-order chi connectivity index (χ0) is 12.9. The van der Waals surface area contributed by atoms with Gasteiger partial charge in [-0.25, -0.2) is 0 Å². The number of carbonyl (C=O) groups excluding carboxylic acids is 1. The van der Waals surface area contributed by atoms with E-state index in [0.29, 0.717) is 0 Å². The molecule has 0 spiro atoms. The SMILES string of the molecule is CC(NCC(=O)OC(C)(C)C)c1cccnc1. The summed E-state index contributed by atoms with van der Waals surface area (Å²) >= 11 is 0. The summed E-state index contributed by atoms with van der Waals surface area (Å²) < 4.78 is 5.21. The van der Waals surface area contributed by atoms with Crippen molar-refractivity contribution in [2.45, 2.75) is 39.3 Å². The Morgan fingerprint density at radius 3 is 2.76 bits per heavy atom. The van der Waals surface area contributed by atoms with Crippen LogP contribution in [0.2, 0.25) is 0 Å². The number of esters is 1. The highest BCUT2D eigenvalue weighted by molar-refractivity contribution is 5.72. The van der Waals surface area contributed by atoms with E-state index in [0.717, 1.165) is 5.56 Å². The first kappa shape index (κ1) is 13.6. The van der Waals surface area contributed by atoms with Gasteiger partial charge in [-0.15, -0.1) is 0 Å². The van der Waals surface area contributed by atoms with Crippen molar-refractivity contribution in [1.29, 1.82) is 0 Å². The van der Waals surface area contributed by atoms with Crippen molar-refractivity contribution >= 4 is 5.97 Å². The number of ether oxygens (including phenoxy) is 1. The van der Waals surface area contributed by atoms with Gasteiger partial charge in [-0.3, -0.25) is 9.78 Å². The largest absolute Gasteiger partial charge is 0.459 e. The molecule has 0 aliphatic heterocycles. The van der Waals surface area contributed by atoms with Crippen LogP contribution in [0.4, 0.5) is 0 Å². The van der Waals surface area contributed by atoms with Crippen molar-refractivity contribution in [3.63, 3.8) is 0 Å². The van der Waals surface area contributed by atoms with Crippen LogP contribution in [-0.2, 0) is 9.53 Å². The molecule has 0 saturated heterocycles. The Morgan fingerprint density at radius 1 is 1.53 bits per heavy atom. The molecule has 1 aromatic rings. The van der Waals surface area contributed by atoms with Crippen LogP contribution in [0.3, 0.4) is 0 Å². The van der Waals surface area contributed by atoms with Gasteiger partial charge in [-0.1, -0.05) is 6.07 Å². The van der Waals surface area contributed by atoms with E-state index in [-0.39, 0.29) is 18.6 Å². The summed E-state index contributed by atoms with van der Waals surface area (Å²) in [5, 5.41) is 3.11. The lowest BCUT2D eigenvalue weighted by Crippen LogP contribution is -2.32. The first-order valence-corrected chi connectivity index (χ1v) is 5.73. The van der Waals surface area contributed by atoms with Gasteiger partial charge in [0.25, 0.3) is 0 Å². The molecule has 1 rings (SSSR count). The molecule has 1 aromatic heterocycles. The van der Waals surface area contributed by atoms with Crippen molar-refractivity contribution in [2.75, 3.05) is 6.54 Å². The molecule has 0 aromatic carbocycles. The van der Waals surface area contributed by atoms with Crippen LogP contribution in [-0.4, -0.2) is 23.1 Å². The van der Waals surface area contributed by atoms with E-state index in [2.05, 4.69) is 10.3 Å². The van der Waals surface area contributed by atoms with Gasteiger partial charge >= 0.3 is 5.97 Å². The number of aromatic nitrogens is 1. The van der Waals surface area contributed by atoms with E-state index < -0.39 is 5.60 Å². The first-order valence-electron chi connectivity index (χ1n) is 5.73.